The van der Waals surface area contributed by atoms with Crippen molar-refractivity contribution in [2.24, 2.45) is 5.92 Å². The third-order valence-electron chi connectivity index (χ3n) is 5.77. The third kappa shape index (κ3) is 4.49. The Hall–Kier alpha value is -3.12. The molecule has 0 spiro atoms. The van der Waals surface area contributed by atoms with Gasteiger partial charge >= 0.3 is 0 Å². The summed E-state index contributed by atoms with van der Waals surface area (Å²) in [6.45, 7) is 3.91. The van der Waals surface area contributed by atoms with E-state index in [1.807, 2.05) is 35.2 Å². The van der Waals surface area contributed by atoms with Gasteiger partial charge in [0.25, 0.3) is 17.7 Å². The minimum atomic E-state index is -0.524. The number of anilines is 1. The molecule has 160 valence electrons. The van der Waals surface area contributed by atoms with Crippen LogP contribution >= 0.6 is 11.6 Å². The number of hydrogen-bond acceptors (Lipinski definition) is 4. The maximum atomic E-state index is 12.8. The Kier molecular flexibility index (Phi) is 6.09. The van der Waals surface area contributed by atoms with Crippen LogP contribution in [0.25, 0.3) is 0 Å². The summed E-state index contributed by atoms with van der Waals surface area (Å²) in [5.41, 5.74) is 2.07. The van der Waals surface area contributed by atoms with Crippen LogP contribution in [0.5, 0.6) is 0 Å². The van der Waals surface area contributed by atoms with E-state index in [-0.39, 0.29) is 23.2 Å². The number of imide groups is 1. The van der Waals surface area contributed by atoms with E-state index in [2.05, 4.69) is 12.2 Å². The lowest BCUT2D eigenvalue weighted by Crippen LogP contribution is -2.37. The van der Waals surface area contributed by atoms with Gasteiger partial charge in [0.2, 0.25) is 0 Å². The Bertz CT molecular complexity index is 1030. The Labute approximate surface area is 186 Å². The van der Waals surface area contributed by atoms with Crippen LogP contribution in [-0.2, 0) is 16.1 Å². The summed E-state index contributed by atoms with van der Waals surface area (Å²) < 4.78 is 0. The fourth-order valence-corrected chi connectivity index (χ4v) is 4.03. The normalized spacial score (nSPS) is 17.5. The van der Waals surface area contributed by atoms with Crippen LogP contribution < -0.4 is 5.32 Å². The fourth-order valence-electron chi connectivity index (χ4n) is 3.80. The number of carbonyl (C=O) groups is 3. The van der Waals surface area contributed by atoms with Crippen molar-refractivity contribution < 1.29 is 14.4 Å². The summed E-state index contributed by atoms with van der Waals surface area (Å²) in [6.07, 6.45) is 2.04. The highest BCUT2D eigenvalue weighted by molar-refractivity contribution is 6.48. The van der Waals surface area contributed by atoms with Crippen molar-refractivity contribution in [1.29, 1.82) is 0 Å². The van der Waals surface area contributed by atoms with E-state index in [9.17, 15) is 14.4 Å². The highest BCUT2D eigenvalue weighted by atomic mass is 35.5. The highest BCUT2D eigenvalue weighted by Crippen LogP contribution is 2.27. The average Bonchev–Trinajstić information content (AvgIpc) is 2.99. The summed E-state index contributed by atoms with van der Waals surface area (Å²) >= 11 is 6.17. The number of rotatable bonds is 5. The van der Waals surface area contributed by atoms with Crippen molar-refractivity contribution in [2.45, 2.75) is 26.3 Å². The summed E-state index contributed by atoms with van der Waals surface area (Å²) in [5.74, 6) is -0.329. The van der Waals surface area contributed by atoms with E-state index in [4.69, 9.17) is 11.6 Å². The van der Waals surface area contributed by atoms with E-state index < -0.39 is 11.8 Å². The molecular formula is C24H24ClN3O3. The quantitative estimate of drug-likeness (QED) is 0.718. The molecule has 1 fully saturated rings. The number of benzene rings is 2. The standard InChI is InChI=1S/C24H24ClN3O3/c1-16-11-13-27(14-12-16)22(29)18-7-9-19(10-8-18)26-21-20(25)23(30)28(24(21)31)15-17-5-3-2-4-6-17/h2-10,16,26H,11-15H2,1H3. The Morgan fingerprint density at radius 1 is 1.00 bits per heavy atom. The number of nitrogens with zero attached hydrogens (tertiary/aromatic N) is 2. The lowest BCUT2D eigenvalue weighted by atomic mass is 9.98. The molecule has 0 unspecified atom stereocenters. The zero-order chi connectivity index (χ0) is 22.0. The molecule has 0 saturated carbocycles. The molecular weight excluding hydrogens is 414 g/mol. The van der Waals surface area contributed by atoms with Crippen LogP contribution in [0.2, 0.25) is 0 Å². The van der Waals surface area contributed by atoms with E-state index >= 15 is 0 Å². The van der Waals surface area contributed by atoms with Gasteiger partial charge in [0.15, 0.2) is 0 Å². The zero-order valence-electron chi connectivity index (χ0n) is 17.3. The molecule has 0 aromatic heterocycles. The van der Waals surface area contributed by atoms with E-state index in [0.29, 0.717) is 17.2 Å². The first-order valence-electron chi connectivity index (χ1n) is 10.4. The van der Waals surface area contributed by atoms with Crippen LogP contribution in [0.3, 0.4) is 0 Å². The smallest absolute Gasteiger partial charge is 0.279 e. The van der Waals surface area contributed by atoms with E-state index in [1.165, 1.54) is 0 Å². The molecule has 6 nitrogen and oxygen atoms in total. The first kappa shape index (κ1) is 21.1. The molecule has 1 saturated heterocycles. The van der Waals surface area contributed by atoms with Gasteiger partial charge in [-0.2, -0.15) is 0 Å². The maximum absolute atomic E-state index is 12.8. The van der Waals surface area contributed by atoms with Crippen molar-refractivity contribution in [1.82, 2.24) is 9.80 Å². The van der Waals surface area contributed by atoms with Gasteiger partial charge in [0, 0.05) is 24.3 Å². The van der Waals surface area contributed by atoms with Crippen LogP contribution in [0.1, 0.15) is 35.7 Å². The Morgan fingerprint density at radius 2 is 1.65 bits per heavy atom. The number of amides is 3. The third-order valence-corrected chi connectivity index (χ3v) is 6.12. The molecule has 2 aromatic carbocycles. The number of piperidine rings is 1. The number of halogens is 1. The molecule has 0 aliphatic carbocycles. The van der Waals surface area contributed by atoms with Gasteiger partial charge in [-0.05, 0) is 48.6 Å². The second kappa shape index (κ2) is 8.94. The van der Waals surface area contributed by atoms with Gasteiger partial charge in [-0.15, -0.1) is 0 Å². The predicted octanol–water partition coefficient (Wildman–Crippen LogP) is 3.99. The van der Waals surface area contributed by atoms with Crippen LogP contribution in [0.4, 0.5) is 5.69 Å². The van der Waals surface area contributed by atoms with Gasteiger partial charge in [-0.3, -0.25) is 19.3 Å². The van der Waals surface area contributed by atoms with Gasteiger partial charge in [0.05, 0.1) is 6.54 Å². The Morgan fingerprint density at radius 3 is 2.29 bits per heavy atom. The first-order chi connectivity index (χ1) is 14.9. The summed E-state index contributed by atoms with van der Waals surface area (Å²) in [7, 11) is 0. The van der Waals surface area contributed by atoms with E-state index in [1.54, 1.807) is 24.3 Å². The lowest BCUT2D eigenvalue weighted by Gasteiger charge is -2.30. The van der Waals surface area contributed by atoms with Crippen LogP contribution in [0.15, 0.2) is 65.3 Å². The number of likely N-dealkylation sites (tertiary alicyclic amines) is 1. The molecule has 2 aliphatic heterocycles. The topological polar surface area (TPSA) is 69.7 Å². The zero-order valence-corrected chi connectivity index (χ0v) is 18.1. The largest absolute Gasteiger partial charge is 0.350 e. The number of nitrogens with one attached hydrogen (secondary N) is 1. The molecule has 2 aromatic rings. The van der Waals surface area contributed by atoms with Crippen LogP contribution in [-0.4, -0.2) is 40.6 Å². The van der Waals surface area contributed by atoms with E-state index in [0.717, 1.165) is 36.4 Å². The SMILES string of the molecule is CC1CCN(C(=O)c2ccc(NC3=C(Cl)C(=O)N(Cc4ccccc4)C3=O)cc2)CC1. The van der Waals surface area contributed by atoms with Gasteiger partial charge in [0.1, 0.15) is 10.7 Å². The van der Waals surface area contributed by atoms with Crippen molar-refractivity contribution in [3.05, 3.63) is 76.5 Å². The summed E-state index contributed by atoms with van der Waals surface area (Å²) in [6, 6.07) is 16.1. The average molecular weight is 438 g/mol. The highest BCUT2D eigenvalue weighted by Gasteiger charge is 2.37. The molecule has 0 radical (unpaired) electrons. The molecule has 0 bridgehead atoms. The molecule has 4 rings (SSSR count). The van der Waals surface area contributed by atoms with Crippen molar-refractivity contribution in [3.63, 3.8) is 0 Å². The monoisotopic (exact) mass is 437 g/mol. The molecule has 1 N–H and O–H groups in total. The first-order valence-corrected chi connectivity index (χ1v) is 10.8. The van der Waals surface area contributed by atoms with Crippen LogP contribution in [0, 0.1) is 5.92 Å². The summed E-state index contributed by atoms with van der Waals surface area (Å²) in [4.78, 5) is 41.0. The predicted molar refractivity (Wildman–Crippen MR) is 119 cm³/mol. The second-order valence-electron chi connectivity index (χ2n) is 8.05. The molecule has 0 atom stereocenters. The molecule has 7 heteroatoms. The number of hydrogen-bond donors (Lipinski definition) is 1. The molecule has 3 amide bonds. The lowest BCUT2D eigenvalue weighted by molar-refractivity contribution is -0.138. The van der Waals surface area contributed by atoms with Crippen molar-refractivity contribution in [3.8, 4) is 0 Å². The molecule has 31 heavy (non-hydrogen) atoms. The molecule has 2 heterocycles. The minimum absolute atomic E-state index is 0.0110. The van der Waals surface area contributed by atoms with Crippen molar-refractivity contribution in [2.75, 3.05) is 18.4 Å². The van der Waals surface area contributed by atoms with Gasteiger partial charge in [-0.1, -0.05) is 48.9 Å². The van der Waals surface area contributed by atoms with Gasteiger partial charge in [-0.25, -0.2) is 0 Å². The second-order valence-corrected chi connectivity index (χ2v) is 8.43. The fraction of sp³-hybridized carbons (Fsp3) is 0.292. The maximum Gasteiger partial charge on any atom is 0.279 e. The van der Waals surface area contributed by atoms with Gasteiger partial charge < -0.3 is 10.2 Å². The molecule has 2 aliphatic rings. The summed E-state index contributed by atoms with van der Waals surface area (Å²) in [5, 5.41) is 2.81. The Balaban J connectivity index is 1.43. The minimum Gasteiger partial charge on any atom is -0.350 e. The number of carbonyl (C=O) groups excluding carboxylic acids is 3. The van der Waals surface area contributed by atoms with Crippen molar-refractivity contribution >= 4 is 35.0 Å².